The van der Waals surface area contributed by atoms with Crippen LogP contribution in [0.1, 0.15) is 73.1 Å². The number of allylic oxidation sites excluding steroid dienone is 1. The molecule has 40 heavy (non-hydrogen) atoms. The molecule has 8 heteroatoms. The molecule has 0 bridgehead atoms. The van der Waals surface area contributed by atoms with Crippen LogP contribution in [0, 0.1) is 6.92 Å². The van der Waals surface area contributed by atoms with Crippen molar-refractivity contribution in [2.75, 3.05) is 18.0 Å². The van der Waals surface area contributed by atoms with Gasteiger partial charge in [-0.05, 0) is 94.1 Å². The summed E-state index contributed by atoms with van der Waals surface area (Å²) in [6.45, 7) is 12.8. The Labute approximate surface area is 248 Å². The summed E-state index contributed by atoms with van der Waals surface area (Å²) in [5.74, 6) is -0.552. The van der Waals surface area contributed by atoms with Crippen LogP contribution in [0.25, 0.3) is 28.0 Å². The lowest BCUT2D eigenvalue weighted by atomic mass is 9.69. The summed E-state index contributed by atoms with van der Waals surface area (Å²) in [6, 6.07) is 7.21. The van der Waals surface area contributed by atoms with Crippen LogP contribution in [0.4, 0.5) is 5.69 Å². The SMILES string of the molecule is Cc1c(/C=C/C(=O)c2cc3cc(Br)cc(Br)c3oc2=O)c(=O)oc2c3c4c(cc12)C(C)(C)CCN4CCC3(C)C. The second-order valence-corrected chi connectivity index (χ2v) is 13.9. The molecule has 6 nitrogen and oxygen atoms in total. The zero-order chi connectivity index (χ0) is 28.7. The number of aryl methyl sites for hydroxylation is 1. The van der Waals surface area contributed by atoms with Crippen molar-refractivity contribution in [3.05, 3.63) is 87.9 Å². The molecule has 0 unspecified atom stereocenters. The van der Waals surface area contributed by atoms with Crippen molar-refractivity contribution in [2.24, 2.45) is 0 Å². The van der Waals surface area contributed by atoms with Crippen LogP contribution < -0.4 is 16.2 Å². The maximum absolute atomic E-state index is 13.4. The number of carbonyl (C=O) groups is 1. The van der Waals surface area contributed by atoms with Gasteiger partial charge in [0, 0.05) is 39.6 Å². The third-order valence-electron chi connectivity index (χ3n) is 8.63. The Kier molecular flexibility index (Phi) is 6.31. The molecule has 0 amide bonds. The number of anilines is 1. The third-order valence-corrected chi connectivity index (χ3v) is 9.68. The van der Waals surface area contributed by atoms with Crippen molar-refractivity contribution in [2.45, 2.75) is 58.3 Å². The summed E-state index contributed by atoms with van der Waals surface area (Å²) in [5.41, 5.74) is 4.06. The number of rotatable bonds is 3. The van der Waals surface area contributed by atoms with Crippen LogP contribution in [0.15, 0.2) is 57.7 Å². The Balaban J connectivity index is 1.50. The lowest BCUT2D eigenvalue weighted by Gasteiger charge is -2.48. The molecule has 4 aromatic rings. The molecule has 0 aliphatic carbocycles. The molecule has 4 heterocycles. The molecule has 2 aliphatic heterocycles. The average Bonchev–Trinajstić information content (AvgIpc) is 2.87. The predicted octanol–water partition coefficient (Wildman–Crippen LogP) is 7.80. The predicted molar refractivity (Wildman–Crippen MR) is 166 cm³/mol. The van der Waals surface area contributed by atoms with Crippen molar-refractivity contribution in [3.63, 3.8) is 0 Å². The van der Waals surface area contributed by atoms with Crippen LogP contribution in [-0.4, -0.2) is 18.9 Å². The number of hydrogen-bond donors (Lipinski definition) is 0. The first-order chi connectivity index (χ1) is 18.8. The lowest BCUT2D eigenvalue weighted by Crippen LogP contribution is -2.44. The summed E-state index contributed by atoms with van der Waals surface area (Å²) in [4.78, 5) is 41.6. The molecule has 0 saturated carbocycles. The Morgan fingerprint density at radius 1 is 0.925 bits per heavy atom. The van der Waals surface area contributed by atoms with Gasteiger partial charge < -0.3 is 13.7 Å². The smallest absolute Gasteiger partial charge is 0.347 e. The summed E-state index contributed by atoms with van der Waals surface area (Å²) < 4.78 is 12.9. The maximum Gasteiger partial charge on any atom is 0.347 e. The first kappa shape index (κ1) is 27.2. The second kappa shape index (κ2) is 9.28. The van der Waals surface area contributed by atoms with E-state index in [0.717, 1.165) is 46.9 Å². The summed E-state index contributed by atoms with van der Waals surface area (Å²) in [5, 5.41) is 1.47. The quantitative estimate of drug-likeness (QED) is 0.126. The molecule has 0 radical (unpaired) electrons. The van der Waals surface area contributed by atoms with E-state index in [9.17, 15) is 14.4 Å². The first-order valence-corrected chi connectivity index (χ1v) is 14.9. The van der Waals surface area contributed by atoms with E-state index in [2.05, 4.69) is 70.5 Å². The first-order valence-electron chi connectivity index (χ1n) is 13.3. The largest absolute Gasteiger partial charge is 0.422 e. The van der Waals surface area contributed by atoms with Crippen molar-refractivity contribution in [1.82, 2.24) is 0 Å². The molecule has 0 atom stereocenters. The Hall–Kier alpha value is -2.97. The number of ketones is 1. The highest BCUT2D eigenvalue weighted by atomic mass is 79.9. The highest BCUT2D eigenvalue weighted by molar-refractivity contribution is 9.11. The molecule has 0 saturated heterocycles. The van der Waals surface area contributed by atoms with Gasteiger partial charge in [-0.25, -0.2) is 9.59 Å². The van der Waals surface area contributed by atoms with E-state index in [1.165, 1.54) is 29.5 Å². The fourth-order valence-electron chi connectivity index (χ4n) is 6.15. The van der Waals surface area contributed by atoms with Gasteiger partial charge in [-0.1, -0.05) is 43.6 Å². The van der Waals surface area contributed by atoms with E-state index in [1.54, 1.807) is 12.1 Å². The molecule has 0 N–H and O–H groups in total. The van der Waals surface area contributed by atoms with Gasteiger partial charge >= 0.3 is 11.3 Å². The van der Waals surface area contributed by atoms with Gasteiger partial charge in [-0.2, -0.15) is 0 Å². The standard InChI is InChI=1S/C32H29Br2NO5/c1-16-19(6-7-24(36)21-13-17-12-18(33)14-23(34)27(17)39-30(21)38)29(37)40-28-20(16)15-22-26-25(28)32(4,5)9-11-35(26)10-8-31(22,2)3/h6-7,12-15H,8-11H2,1-5H3/b7-6+. The zero-order valence-corrected chi connectivity index (χ0v) is 26.2. The molecule has 2 aromatic carbocycles. The highest BCUT2D eigenvalue weighted by Gasteiger charge is 2.42. The van der Waals surface area contributed by atoms with E-state index in [1.807, 2.05) is 6.92 Å². The van der Waals surface area contributed by atoms with Gasteiger partial charge in [0.15, 0.2) is 11.4 Å². The lowest BCUT2D eigenvalue weighted by molar-refractivity contribution is 0.104. The van der Waals surface area contributed by atoms with E-state index in [0.29, 0.717) is 26.6 Å². The number of benzene rings is 2. The van der Waals surface area contributed by atoms with Crippen molar-refractivity contribution >= 4 is 71.3 Å². The fraction of sp³-hybridized carbons (Fsp3) is 0.344. The summed E-state index contributed by atoms with van der Waals surface area (Å²) in [7, 11) is 0. The molecule has 206 valence electrons. The number of fused-ring (bicyclic) bond motifs is 3. The number of hydrogen-bond acceptors (Lipinski definition) is 6. The van der Waals surface area contributed by atoms with Gasteiger partial charge in [0.25, 0.3) is 0 Å². The minimum Gasteiger partial charge on any atom is -0.422 e. The highest BCUT2D eigenvalue weighted by Crippen LogP contribution is 2.52. The Morgan fingerprint density at radius 2 is 1.60 bits per heavy atom. The monoisotopic (exact) mass is 665 g/mol. The van der Waals surface area contributed by atoms with Gasteiger partial charge in [0.1, 0.15) is 11.1 Å². The van der Waals surface area contributed by atoms with Gasteiger partial charge in [0.05, 0.1) is 10.0 Å². The van der Waals surface area contributed by atoms with Crippen LogP contribution in [0.5, 0.6) is 0 Å². The normalized spacial score (nSPS) is 17.5. The Bertz CT molecular complexity index is 1910. The molecule has 2 aromatic heterocycles. The van der Waals surface area contributed by atoms with Gasteiger partial charge in [-0.3, -0.25) is 4.79 Å². The third kappa shape index (κ3) is 4.22. The van der Waals surface area contributed by atoms with Crippen molar-refractivity contribution in [3.8, 4) is 0 Å². The van der Waals surface area contributed by atoms with E-state index in [-0.39, 0.29) is 16.4 Å². The molecular weight excluding hydrogens is 638 g/mol. The fourth-order valence-corrected chi connectivity index (χ4v) is 7.49. The van der Waals surface area contributed by atoms with Crippen LogP contribution in [-0.2, 0) is 10.8 Å². The van der Waals surface area contributed by atoms with Crippen LogP contribution >= 0.6 is 31.9 Å². The topological polar surface area (TPSA) is 80.7 Å². The number of carbonyl (C=O) groups excluding carboxylic acids is 1. The second-order valence-electron chi connectivity index (χ2n) is 12.2. The van der Waals surface area contributed by atoms with E-state index < -0.39 is 17.0 Å². The van der Waals surface area contributed by atoms with Crippen molar-refractivity contribution < 1.29 is 13.6 Å². The van der Waals surface area contributed by atoms with Crippen LogP contribution in [0.2, 0.25) is 0 Å². The molecular formula is C32H29Br2NO5. The van der Waals surface area contributed by atoms with Crippen LogP contribution in [0.3, 0.4) is 0 Å². The molecule has 0 fully saturated rings. The summed E-state index contributed by atoms with van der Waals surface area (Å²) >= 11 is 6.80. The van der Waals surface area contributed by atoms with Gasteiger partial charge in [-0.15, -0.1) is 0 Å². The molecule has 0 spiro atoms. The zero-order valence-electron chi connectivity index (χ0n) is 23.0. The molecule has 2 aliphatic rings. The minimum atomic E-state index is -0.743. The average molecular weight is 667 g/mol. The number of halogens is 2. The van der Waals surface area contributed by atoms with E-state index >= 15 is 0 Å². The van der Waals surface area contributed by atoms with Crippen molar-refractivity contribution in [1.29, 1.82) is 0 Å². The van der Waals surface area contributed by atoms with E-state index in [4.69, 9.17) is 8.83 Å². The Morgan fingerprint density at radius 3 is 2.33 bits per heavy atom. The number of nitrogens with zero attached hydrogens (tertiary/aromatic N) is 1. The maximum atomic E-state index is 13.4. The van der Waals surface area contributed by atoms with Gasteiger partial charge in [0.2, 0.25) is 0 Å². The molecule has 6 rings (SSSR count). The summed E-state index contributed by atoms with van der Waals surface area (Å²) in [6.07, 6.45) is 4.72. The minimum absolute atomic E-state index is 0.0230.